The van der Waals surface area contributed by atoms with Gasteiger partial charge in [-0.05, 0) is 35.5 Å². The average Bonchev–Trinajstić information content (AvgIpc) is 3.05. The molecule has 102 valence electrons. The van der Waals surface area contributed by atoms with Crippen molar-refractivity contribution in [1.82, 2.24) is 29.8 Å². The summed E-state index contributed by atoms with van der Waals surface area (Å²) < 4.78 is 3.69. The lowest BCUT2D eigenvalue weighted by molar-refractivity contribution is 0.779. The van der Waals surface area contributed by atoms with Gasteiger partial charge in [-0.2, -0.15) is 4.68 Å². The molecule has 0 aliphatic rings. The maximum Gasteiger partial charge on any atom is 0.153 e. The SMILES string of the molecule is Cc1nnnn1-c1cccc(NCc2cncn2C)c1. The smallest absolute Gasteiger partial charge is 0.153 e. The first-order chi connectivity index (χ1) is 9.74. The van der Waals surface area contributed by atoms with Gasteiger partial charge in [0.05, 0.1) is 24.3 Å². The van der Waals surface area contributed by atoms with E-state index in [1.165, 1.54) is 0 Å². The monoisotopic (exact) mass is 269 g/mol. The number of benzene rings is 1. The highest BCUT2D eigenvalue weighted by Gasteiger charge is 2.04. The zero-order valence-corrected chi connectivity index (χ0v) is 11.4. The molecule has 0 radical (unpaired) electrons. The van der Waals surface area contributed by atoms with Gasteiger partial charge in [-0.25, -0.2) is 4.98 Å². The van der Waals surface area contributed by atoms with Crippen LogP contribution in [0.3, 0.4) is 0 Å². The van der Waals surface area contributed by atoms with Crippen molar-refractivity contribution < 1.29 is 0 Å². The number of rotatable bonds is 4. The molecule has 0 aliphatic carbocycles. The first-order valence-electron chi connectivity index (χ1n) is 6.28. The van der Waals surface area contributed by atoms with Crippen LogP contribution in [0, 0.1) is 6.92 Å². The first-order valence-corrected chi connectivity index (χ1v) is 6.28. The largest absolute Gasteiger partial charge is 0.379 e. The van der Waals surface area contributed by atoms with E-state index in [0.29, 0.717) is 6.54 Å². The summed E-state index contributed by atoms with van der Waals surface area (Å²) in [5.74, 6) is 0.758. The van der Waals surface area contributed by atoms with Gasteiger partial charge in [0, 0.05) is 18.9 Å². The van der Waals surface area contributed by atoms with Crippen molar-refractivity contribution in [3.05, 3.63) is 48.3 Å². The minimum Gasteiger partial charge on any atom is -0.379 e. The summed E-state index contributed by atoms with van der Waals surface area (Å²) in [5.41, 5.74) is 3.06. The highest BCUT2D eigenvalue weighted by Crippen LogP contribution is 2.15. The molecule has 0 saturated carbocycles. The Labute approximate surface area is 116 Å². The molecule has 7 nitrogen and oxygen atoms in total. The number of tetrazole rings is 1. The molecular weight excluding hydrogens is 254 g/mol. The molecule has 7 heteroatoms. The van der Waals surface area contributed by atoms with Gasteiger partial charge < -0.3 is 9.88 Å². The minimum absolute atomic E-state index is 0.717. The van der Waals surface area contributed by atoms with E-state index < -0.39 is 0 Å². The van der Waals surface area contributed by atoms with Crippen LogP contribution in [-0.2, 0) is 13.6 Å². The van der Waals surface area contributed by atoms with E-state index >= 15 is 0 Å². The number of nitrogens with one attached hydrogen (secondary N) is 1. The normalized spacial score (nSPS) is 10.7. The Morgan fingerprint density at radius 2 is 2.20 bits per heavy atom. The molecule has 0 atom stereocenters. The van der Waals surface area contributed by atoms with Crippen LogP contribution >= 0.6 is 0 Å². The van der Waals surface area contributed by atoms with Crippen LogP contribution in [0.4, 0.5) is 5.69 Å². The third kappa shape index (κ3) is 2.37. The van der Waals surface area contributed by atoms with Crippen LogP contribution in [0.5, 0.6) is 0 Å². The van der Waals surface area contributed by atoms with Crippen molar-refractivity contribution >= 4 is 5.69 Å². The minimum atomic E-state index is 0.717. The molecule has 2 aromatic heterocycles. The number of hydrogen-bond acceptors (Lipinski definition) is 5. The average molecular weight is 269 g/mol. The fourth-order valence-electron chi connectivity index (χ4n) is 1.97. The summed E-state index contributed by atoms with van der Waals surface area (Å²) >= 11 is 0. The third-order valence-corrected chi connectivity index (χ3v) is 3.11. The lowest BCUT2D eigenvalue weighted by Gasteiger charge is -2.09. The van der Waals surface area contributed by atoms with Crippen LogP contribution in [0.2, 0.25) is 0 Å². The summed E-state index contributed by atoms with van der Waals surface area (Å²) in [6.07, 6.45) is 3.64. The topological polar surface area (TPSA) is 73.5 Å². The van der Waals surface area contributed by atoms with Crippen molar-refractivity contribution in [1.29, 1.82) is 0 Å². The van der Waals surface area contributed by atoms with Gasteiger partial charge in [0.1, 0.15) is 0 Å². The van der Waals surface area contributed by atoms with Crippen molar-refractivity contribution in [3.63, 3.8) is 0 Å². The summed E-state index contributed by atoms with van der Waals surface area (Å²) in [7, 11) is 1.98. The van der Waals surface area contributed by atoms with Crippen molar-refractivity contribution in [2.75, 3.05) is 5.32 Å². The predicted molar refractivity (Wildman–Crippen MR) is 74.4 cm³/mol. The van der Waals surface area contributed by atoms with Gasteiger partial charge in [0.25, 0.3) is 0 Å². The summed E-state index contributed by atoms with van der Waals surface area (Å²) in [5, 5.41) is 14.9. The molecule has 3 rings (SSSR count). The molecule has 0 spiro atoms. The maximum absolute atomic E-state index is 4.10. The van der Waals surface area contributed by atoms with Crippen LogP contribution in [-0.4, -0.2) is 29.8 Å². The second-order valence-corrected chi connectivity index (χ2v) is 4.54. The van der Waals surface area contributed by atoms with Gasteiger partial charge >= 0.3 is 0 Å². The Kier molecular flexibility index (Phi) is 3.16. The van der Waals surface area contributed by atoms with Crippen LogP contribution in [0.1, 0.15) is 11.5 Å². The Morgan fingerprint density at radius 3 is 2.90 bits per heavy atom. The zero-order valence-electron chi connectivity index (χ0n) is 11.4. The molecule has 3 aromatic rings. The Hall–Kier alpha value is -2.70. The van der Waals surface area contributed by atoms with Crippen molar-refractivity contribution in [3.8, 4) is 5.69 Å². The molecule has 1 aromatic carbocycles. The number of anilines is 1. The van der Waals surface area contributed by atoms with E-state index in [-0.39, 0.29) is 0 Å². The highest BCUT2D eigenvalue weighted by atomic mass is 15.5. The maximum atomic E-state index is 4.10. The van der Waals surface area contributed by atoms with Crippen LogP contribution < -0.4 is 5.32 Å². The number of nitrogens with zero attached hydrogens (tertiary/aromatic N) is 6. The summed E-state index contributed by atoms with van der Waals surface area (Å²) in [6, 6.07) is 7.97. The van der Waals surface area contributed by atoms with Crippen molar-refractivity contribution in [2.24, 2.45) is 7.05 Å². The molecule has 0 bridgehead atoms. The quantitative estimate of drug-likeness (QED) is 0.773. The molecule has 1 N–H and O–H groups in total. The Morgan fingerprint density at radius 1 is 1.30 bits per heavy atom. The number of hydrogen-bond donors (Lipinski definition) is 1. The van der Waals surface area contributed by atoms with E-state index in [9.17, 15) is 0 Å². The standard InChI is InChI=1S/C13H15N7/c1-10-16-17-18-20(10)12-5-3-4-11(6-12)15-8-13-7-14-9-19(13)2/h3-7,9,15H,8H2,1-2H3. The molecule has 0 aliphatic heterocycles. The van der Waals surface area contributed by atoms with Gasteiger partial charge in [0.2, 0.25) is 0 Å². The summed E-state index contributed by atoms with van der Waals surface area (Å²) in [4.78, 5) is 4.10. The lowest BCUT2D eigenvalue weighted by Crippen LogP contribution is -2.05. The molecule has 0 saturated heterocycles. The third-order valence-electron chi connectivity index (χ3n) is 3.11. The van der Waals surface area contributed by atoms with E-state index in [4.69, 9.17) is 0 Å². The van der Waals surface area contributed by atoms with E-state index in [0.717, 1.165) is 22.9 Å². The number of aromatic nitrogens is 6. The molecule has 0 amide bonds. The molecule has 0 unspecified atom stereocenters. The molecule has 2 heterocycles. The highest BCUT2D eigenvalue weighted by molar-refractivity contribution is 5.51. The first kappa shape index (κ1) is 12.3. The fourth-order valence-corrected chi connectivity index (χ4v) is 1.97. The second kappa shape index (κ2) is 5.12. The lowest BCUT2D eigenvalue weighted by atomic mass is 10.2. The van der Waals surface area contributed by atoms with E-state index in [1.54, 1.807) is 11.0 Å². The van der Waals surface area contributed by atoms with E-state index in [2.05, 4.69) is 25.8 Å². The summed E-state index contributed by atoms with van der Waals surface area (Å²) in [6.45, 7) is 2.59. The van der Waals surface area contributed by atoms with Crippen LogP contribution in [0.25, 0.3) is 5.69 Å². The van der Waals surface area contributed by atoms with Gasteiger partial charge in [-0.3, -0.25) is 0 Å². The van der Waals surface area contributed by atoms with Gasteiger partial charge in [-0.15, -0.1) is 5.10 Å². The molecule has 20 heavy (non-hydrogen) atoms. The molecule has 0 fully saturated rings. The van der Waals surface area contributed by atoms with E-state index in [1.807, 2.05) is 49.0 Å². The fraction of sp³-hybridized carbons (Fsp3) is 0.231. The molecular formula is C13H15N7. The van der Waals surface area contributed by atoms with Gasteiger partial charge in [0.15, 0.2) is 5.82 Å². The Bertz CT molecular complexity index is 713. The zero-order chi connectivity index (χ0) is 13.9. The predicted octanol–water partition coefficient (Wildman–Crippen LogP) is 1.32. The number of imidazole rings is 1. The van der Waals surface area contributed by atoms with Gasteiger partial charge in [-0.1, -0.05) is 6.07 Å². The Balaban J connectivity index is 1.78. The number of aryl methyl sites for hydroxylation is 2. The second-order valence-electron chi connectivity index (χ2n) is 4.54. The van der Waals surface area contributed by atoms with Crippen molar-refractivity contribution in [2.45, 2.75) is 13.5 Å². The van der Waals surface area contributed by atoms with Crippen LogP contribution in [0.15, 0.2) is 36.8 Å².